The maximum Gasteiger partial charge on any atom is 0.263 e. The van der Waals surface area contributed by atoms with Gasteiger partial charge < -0.3 is 10.1 Å². The highest BCUT2D eigenvalue weighted by atomic mass is 16.5. The van der Waals surface area contributed by atoms with E-state index in [1.54, 1.807) is 4.80 Å². The highest BCUT2D eigenvalue weighted by Crippen LogP contribution is 2.15. The molecule has 0 radical (unpaired) electrons. The Morgan fingerprint density at radius 3 is 2.44 bits per heavy atom. The van der Waals surface area contributed by atoms with Crippen molar-refractivity contribution < 1.29 is 4.74 Å². The van der Waals surface area contributed by atoms with Crippen LogP contribution in [0.25, 0.3) is 0 Å². The lowest BCUT2D eigenvalue weighted by Gasteiger charge is -2.08. The van der Waals surface area contributed by atoms with E-state index in [1.165, 1.54) is 5.56 Å². The molecular weight excluding hydrogens is 314 g/mol. The lowest BCUT2D eigenvalue weighted by atomic mass is 10.2. The molecule has 3 rings (SSSR count). The van der Waals surface area contributed by atoms with Crippen LogP contribution in [0.1, 0.15) is 30.0 Å². The molecule has 2 aromatic carbocycles. The number of rotatable bonds is 8. The Labute approximate surface area is 147 Å². The normalized spacial score (nSPS) is 10.6. The number of nitrogens with one attached hydrogen (secondary N) is 1. The third-order valence-corrected chi connectivity index (χ3v) is 3.78. The van der Waals surface area contributed by atoms with Crippen LogP contribution >= 0.6 is 0 Å². The average Bonchev–Trinajstić information content (AvgIpc) is 3.08. The van der Waals surface area contributed by atoms with Crippen LogP contribution in [0.2, 0.25) is 0 Å². The van der Waals surface area contributed by atoms with Crippen LogP contribution in [-0.2, 0) is 19.7 Å². The Morgan fingerprint density at radius 1 is 1.00 bits per heavy atom. The lowest BCUT2D eigenvalue weighted by Crippen LogP contribution is -2.03. The fraction of sp³-hybridized carbons (Fsp3) is 0.316. The van der Waals surface area contributed by atoms with Gasteiger partial charge in [0.15, 0.2) is 0 Å². The standard InChI is InChI=1S/C19H23N5O/c1-3-12-24-22-19(21-23-24)20-13-16-8-10-18(11-9-16)25-14-17-6-4-15(2)5-7-17/h4-11H,3,12-14H2,1-2H3,(H,20,22). The highest BCUT2D eigenvalue weighted by molar-refractivity contribution is 5.31. The summed E-state index contributed by atoms with van der Waals surface area (Å²) >= 11 is 0. The second kappa shape index (κ2) is 8.28. The first-order chi connectivity index (χ1) is 12.2. The first kappa shape index (κ1) is 17.0. The second-order valence-electron chi connectivity index (χ2n) is 5.98. The zero-order valence-electron chi connectivity index (χ0n) is 14.6. The van der Waals surface area contributed by atoms with E-state index in [4.69, 9.17) is 4.74 Å². The van der Waals surface area contributed by atoms with Gasteiger partial charge in [-0.25, -0.2) is 0 Å². The summed E-state index contributed by atoms with van der Waals surface area (Å²) in [5.74, 6) is 1.41. The van der Waals surface area contributed by atoms with Crippen molar-refractivity contribution in [1.82, 2.24) is 20.2 Å². The number of nitrogens with zero attached hydrogens (tertiary/aromatic N) is 4. The molecule has 1 N–H and O–H groups in total. The molecule has 1 heterocycles. The number of aryl methyl sites for hydroxylation is 2. The number of hydrogen-bond donors (Lipinski definition) is 1. The number of aromatic nitrogens is 4. The summed E-state index contributed by atoms with van der Waals surface area (Å²) in [6.45, 7) is 6.16. The summed E-state index contributed by atoms with van der Waals surface area (Å²) in [4.78, 5) is 1.60. The highest BCUT2D eigenvalue weighted by Gasteiger charge is 2.02. The minimum Gasteiger partial charge on any atom is -0.489 e. The van der Waals surface area contributed by atoms with Gasteiger partial charge in [-0.1, -0.05) is 54.0 Å². The van der Waals surface area contributed by atoms with E-state index in [9.17, 15) is 0 Å². The van der Waals surface area contributed by atoms with Gasteiger partial charge in [-0.15, -0.1) is 5.10 Å². The molecular formula is C19H23N5O. The van der Waals surface area contributed by atoms with Gasteiger partial charge in [0.1, 0.15) is 12.4 Å². The number of ether oxygens (including phenoxy) is 1. The molecule has 0 bridgehead atoms. The van der Waals surface area contributed by atoms with Crippen LogP contribution in [-0.4, -0.2) is 20.2 Å². The van der Waals surface area contributed by atoms with Gasteiger partial charge in [0.05, 0.1) is 6.54 Å². The van der Waals surface area contributed by atoms with Crippen LogP contribution in [0.5, 0.6) is 5.75 Å². The van der Waals surface area contributed by atoms with Gasteiger partial charge in [0, 0.05) is 6.54 Å². The fourth-order valence-corrected chi connectivity index (χ4v) is 2.34. The van der Waals surface area contributed by atoms with Crippen molar-refractivity contribution in [3.63, 3.8) is 0 Å². The number of anilines is 1. The zero-order valence-corrected chi connectivity index (χ0v) is 14.6. The summed E-state index contributed by atoms with van der Waals surface area (Å²) in [6, 6.07) is 16.4. The Morgan fingerprint density at radius 2 is 1.72 bits per heavy atom. The number of tetrazole rings is 1. The monoisotopic (exact) mass is 337 g/mol. The van der Waals surface area contributed by atoms with Gasteiger partial charge in [-0.3, -0.25) is 0 Å². The molecule has 0 unspecified atom stereocenters. The van der Waals surface area contributed by atoms with Crippen LogP contribution in [0.4, 0.5) is 5.95 Å². The van der Waals surface area contributed by atoms with Gasteiger partial charge in [0.25, 0.3) is 5.95 Å². The summed E-state index contributed by atoms with van der Waals surface area (Å²) in [5.41, 5.74) is 3.55. The van der Waals surface area contributed by atoms with Crippen molar-refractivity contribution in [3.05, 3.63) is 65.2 Å². The predicted octanol–water partition coefficient (Wildman–Crippen LogP) is 3.58. The summed E-state index contributed by atoms with van der Waals surface area (Å²) in [5, 5.41) is 15.4. The van der Waals surface area contributed by atoms with Crippen LogP contribution < -0.4 is 10.1 Å². The van der Waals surface area contributed by atoms with Crippen molar-refractivity contribution in [2.24, 2.45) is 0 Å². The topological polar surface area (TPSA) is 64.9 Å². The van der Waals surface area contributed by atoms with E-state index in [0.717, 1.165) is 29.8 Å². The maximum absolute atomic E-state index is 5.82. The molecule has 1 aromatic heterocycles. The van der Waals surface area contributed by atoms with Crippen molar-refractivity contribution in [3.8, 4) is 5.75 Å². The minimum absolute atomic E-state index is 0.549. The quantitative estimate of drug-likeness (QED) is 0.680. The Balaban J connectivity index is 1.48. The van der Waals surface area contributed by atoms with E-state index >= 15 is 0 Å². The molecule has 0 atom stereocenters. The van der Waals surface area contributed by atoms with Crippen molar-refractivity contribution >= 4 is 5.95 Å². The summed E-state index contributed by atoms with van der Waals surface area (Å²) in [6.07, 6.45) is 0.986. The van der Waals surface area contributed by atoms with E-state index in [0.29, 0.717) is 19.1 Å². The molecule has 25 heavy (non-hydrogen) atoms. The van der Waals surface area contributed by atoms with E-state index in [-0.39, 0.29) is 0 Å². The van der Waals surface area contributed by atoms with Crippen molar-refractivity contribution in [2.45, 2.75) is 40.0 Å². The molecule has 0 aliphatic rings. The molecule has 0 spiro atoms. The zero-order chi connectivity index (χ0) is 17.5. The van der Waals surface area contributed by atoms with Crippen LogP contribution in [0.3, 0.4) is 0 Å². The third-order valence-electron chi connectivity index (χ3n) is 3.78. The van der Waals surface area contributed by atoms with Crippen LogP contribution in [0.15, 0.2) is 48.5 Å². The number of hydrogen-bond acceptors (Lipinski definition) is 5. The van der Waals surface area contributed by atoms with E-state index < -0.39 is 0 Å². The molecule has 0 saturated carbocycles. The second-order valence-corrected chi connectivity index (χ2v) is 5.98. The lowest BCUT2D eigenvalue weighted by molar-refractivity contribution is 0.306. The number of benzene rings is 2. The van der Waals surface area contributed by atoms with Crippen LogP contribution in [0, 0.1) is 6.92 Å². The van der Waals surface area contributed by atoms with E-state index in [1.807, 2.05) is 24.3 Å². The van der Waals surface area contributed by atoms with Gasteiger partial charge in [0.2, 0.25) is 0 Å². The molecule has 0 saturated heterocycles. The molecule has 0 fully saturated rings. The Kier molecular flexibility index (Phi) is 5.61. The maximum atomic E-state index is 5.82. The molecule has 0 aliphatic carbocycles. The van der Waals surface area contributed by atoms with Gasteiger partial charge in [-0.2, -0.15) is 4.80 Å². The molecule has 6 nitrogen and oxygen atoms in total. The largest absolute Gasteiger partial charge is 0.489 e. The molecule has 3 aromatic rings. The summed E-state index contributed by atoms with van der Waals surface area (Å²) in [7, 11) is 0. The Hall–Kier alpha value is -2.89. The average molecular weight is 337 g/mol. The minimum atomic E-state index is 0.549. The SMILES string of the molecule is CCCn1nnc(NCc2ccc(OCc3ccc(C)cc3)cc2)n1. The first-order valence-electron chi connectivity index (χ1n) is 8.52. The Bertz CT molecular complexity index is 780. The van der Waals surface area contributed by atoms with E-state index in [2.05, 4.69) is 58.8 Å². The molecule has 6 heteroatoms. The fourth-order valence-electron chi connectivity index (χ4n) is 2.34. The molecule has 130 valence electrons. The van der Waals surface area contributed by atoms with Crippen molar-refractivity contribution in [1.29, 1.82) is 0 Å². The molecule has 0 aliphatic heterocycles. The van der Waals surface area contributed by atoms with Gasteiger partial charge >= 0.3 is 0 Å². The predicted molar refractivity (Wildman–Crippen MR) is 97.4 cm³/mol. The molecule has 0 amide bonds. The van der Waals surface area contributed by atoms with Crippen molar-refractivity contribution in [2.75, 3.05) is 5.32 Å². The summed E-state index contributed by atoms with van der Waals surface area (Å²) < 4.78 is 5.82. The smallest absolute Gasteiger partial charge is 0.263 e. The third kappa shape index (κ3) is 5.04. The first-order valence-corrected chi connectivity index (χ1v) is 8.52. The van der Waals surface area contributed by atoms with Gasteiger partial charge in [-0.05, 0) is 41.8 Å².